The van der Waals surface area contributed by atoms with Crippen molar-refractivity contribution in [3.05, 3.63) is 0 Å². The molecule has 2 fully saturated rings. The van der Waals surface area contributed by atoms with Crippen molar-refractivity contribution in [2.45, 2.75) is 52.5 Å². The fourth-order valence-corrected chi connectivity index (χ4v) is 4.05. The van der Waals surface area contributed by atoms with Gasteiger partial charge in [0.25, 0.3) is 0 Å². The molecule has 2 aliphatic rings. The molecule has 0 radical (unpaired) electrons. The van der Waals surface area contributed by atoms with E-state index in [4.69, 9.17) is 0 Å². The van der Waals surface area contributed by atoms with E-state index in [0.29, 0.717) is 0 Å². The maximum Gasteiger partial charge on any atom is 0.0107 e. The molecule has 0 aliphatic heterocycles. The van der Waals surface area contributed by atoms with Gasteiger partial charge in [-0.25, -0.2) is 0 Å². The quantitative estimate of drug-likeness (QED) is 0.733. The Morgan fingerprint density at radius 2 is 1.94 bits per heavy atom. The standard InChI is InChI=1S/C15H30N2/c1-4-17(5-2)9-8-16-12(3)15-11-13-6-7-14(15)10-13/h12-16H,4-11H2,1-3H3. The van der Waals surface area contributed by atoms with Crippen LogP contribution in [-0.2, 0) is 0 Å². The zero-order valence-corrected chi connectivity index (χ0v) is 11.9. The van der Waals surface area contributed by atoms with Gasteiger partial charge < -0.3 is 10.2 Å². The molecule has 2 rings (SSSR count). The topological polar surface area (TPSA) is 15.3 Å². The van der Waals surface area contributed by atoms with E-state index in [1.165, 1.54) is 45.3 Å². The molecule has 2 nitrogen and oxygen atoms in total. The van der Waals surface area contributed by atoms with Gasteiger partial charge in [0.05, 0.1) is 0 Å². The highest BCUT2D eigenvalue weighted by atomic mass is 15.1. The Labute approximate surface area is 107 Å². The van der Waals surface area contributed by atoms with Crippen LogP contribution in [-0.4, -0.2) is 37.1 Å². The lowest BCUT2D eigenvalue weighted by molar-refractivity contribution is 0.243. The van der Waals surface area contributed by atoms with Crippen molar-refractivity contribution >= 4 is 0 Å². The summed E-state index contributed by atoms with van der Waals surface area (Å²) < 4.78 is 0. The molecule has 2 heteroatoms. The molecule has 0 saturated heterocycles. The first-order valence-electron chi connectivity index (χ1n) is 7.70. The molecule has 100 valence electrons. The predicted octanol–water partition coefficient (Wildman–Crippen LogP) is 2.74. The van der Waals surface area contributed by atoms with E-state index in [9.17, 15) is 0 Å². The second kappa shape index (κ2) is 6.19. The van der Waals surface area contributed by atoms with E-state index in [-0.39, 0.29) is 0 Å². The summed E-state index contributed by atoms with van der Waals surface area (Å²) in [6.07, 6.45) is 6.07. The summed E-state index contributed by atoms with van der Waals surface area (Å²) in [7, 11) is 0. The fourth-order valence-electron chi connectivity index (χ4n) is 4.05. The third-order valence-corrected chi connectivity index (χ3v) is 5.22. The largest absolute Gasteiger partial charge is 0.313 e. The van der Waals surface area contributed by atoms with Crippen LogP contribution in [0.4, 0.5) is 0 Å². The lowest BCUT2D eigenvalue weighted by Crippen LogP contribution is -2.40. The molecule has 0 aromatic carbocycles. The number of nitrogens with one attached hydrogen (secondary N) is 1. The number of nitrogens with zero attached hydrogens (tertiary/aromatic N) is 1. The van der Waals surface area contributed by atoms with Crippen LogP contribution in [0.15, 0.2) is 0 Å². The molecule has 0 aromatic heterocycles. The molecule has 0 spiro atoms. The second-order valence-electron chi connectivity index (χ2n) is 6.11. The van der Waals surface area contributed by atoms with Crippen LogP contribution in [0.25, 0.3) is 0 Å². The summed E-state index contributed by atoms with van der Waals surface area (Å²) in [5.74, 6) is 3.11. The van der Waals surface area contributed by atoms with Gasteiger partial charge in [-0.2, -0.15) is 0 Å². The number of hydrogen-bond acceptors (Lipinski definition) is 2. The first kappa shape index (κ1) is 13.4. The Kier molecular flexibility index (Phi) is 4.87. The molecule has 4 atom stereocenters. The average molecular weight is 238 g/mol. The zero-order valence-electron chi connectivity index (χ0n) is 11.9. The molecule has 0 heterocycles. The van der Waals surface area contributed by atoms with E-state index in [0.717, 1.165) is 30.3 Å². The molecule has 2 saturated carbocycles. The lowest BCUT2D eigenvalue weighted by Gasteiger charge is -2.29. The molecule has 0 amide bonds. The Bertz CT molecular complexity index is 225. The van der Waals surface area contributed by atoms with Gasteiger partial charge in [0, 0.05) is 19.1 Å². The van der Waals surface area contributed by atoms with Crippen molar-refractivity contribution in [2.24, 2.45) is 17.8 Å². The summed E-state index contributed by atoms with van der Waals surface area (Å²) in [6, 6.07) is 0.737. The summed E-state index contributed by atoms with van der Waals surface area (Å²) in [6.45, 7) is 11.6. The Morgan fingerprint density at radius 1 is 1.18 bits per heavy atom. The zero-order chi connectivity index (χ0) is 12.3. The highest BCUT2D eigenvalue weighted by molar-refractivity contribution is 4.93. The number of hydrogen-bond donors (Lipinski definition) is 1. The van der Waals surface area contributed by atoms with Crippen LogP contribution in [0, 0.1) is 17.8 Å². The highest BCUT2D eigenvalue weighted by Crippen LogP contribution is 2.49. The van der Waals surface area contributed by atoms with Crippen LogP contribution in [0.2, 0.25) is 0 Å². The van der Waals surface area contributed by atoms with Gasteiger partial charge in [-0.3, -0.25) is 0 Å². The van der Waals surface area contributed by atoms with Gasteiger partial charge in [0.1, 0.15) is 0 Å². The van der Waals surface area contributed by atoms with Gasteiger partial charge >= 0.3 is 0 Å². The van der Waals surface area contributed by atoms with Gasteiger partial charge in [-0.1, -0.05) is 20.3 Å². The summed E-state index contributed by atoms with van der Waals surface area (Å²) in [5, 5.41) is 3.77. The highest BCUT2D eigenvalue weighted by Gasteiger charge is 2.41. The van der Waals surface area contributed by atoms with Crippen LogP contribution in [0.5, 0.6) is 0 Å². The van der Waals surface area contributed by atoms with Crippen molar-refractivity contribution in [1.82, 2.24) is 10.2 Å². The second-order valence-corrected chi connectivity index (χ2v) is 6.11. The van der Waals surface area contributed by atoms with Crippen LogP contribution < -0.4 is 5.32 Å². The third-order valence-electron chi connectivity index (χ3n) is 5.22. The molecule has 0 aromatic rings. The normalized spacial score (nSPS) is 33.5. The smallest absolute Gasteiger partial charge is 0.0107 e. The average Bonchev–Trinajstić information content (AvgIpc) is 2.96. The Hall–Kier alpha value is -0.0800. The minimum absolute atomic E-state index is 0.737. The summed E-state index contributed by atoms with van der Waals surface area (Å²) in [4.78, 5) is 2.50. The van der Waals surface area contributed by atoms with Gasteiger partial charge in [-0.15, -0.1) is 0 Å². The molecule has 17 heavy (non-hydrogen) atoms. The van der Waals surface area contributed by atoms with Gasteiger partial charge in [-0.05, 0) is 57.0 Å². The SMILES string of the molecule is CCN(CC)CCNC(C)C1CC2CCC1C2. The molecular formula is C15H30N2. The molecule has 2 aliphatic carbocycles. The minimum Gasteiger partial charge on any atom is -0.313 e. The summed E-state index contributed by atoms with van der Waals surface area (Å²) in [5.41, 5.74) is 0. The van der Waals surface area contributed by atoms with Crippen molar-refractivity contribution in [2.75, 3.05) is 26.2 Å². The predicted molar refractivity (Wildman–Crippen MR) is 74.2 cm³/mol. The minimum atomic E-state index is 0.737. The van der Waals surface area contributed by atoms with Gasteiger partial charge in [0.2, 0.25) is 0 Å². The number of likely N-dealkylation sites (N-methyl/N-ethyl adjacent to an activating group) is 1. The van der Waals surface area contributed by atoms with Crippen LogP contribution in [0.3, 0.4) is 0 Å². The Balaban J connectivity index is 1.66. The van der Waals surface area contributed by atoms with Crippen LogP contribution >= 0.6 is 0 Å². The molecular weight excluding hydrogens is 208 g/mol. The Morgan fingerprint density at radius 3 is 2.47 bits per heavy atom. The van der Waals surface area contributed by atoms with E-state index in [1.54, 1.807) is 0 Å². The maximum atomic E-state index is 3.77. The van der Waals surface area contributed by atoms with E-state index in [2.05, 4.69) is 31.0 Å². The van der Waals surface area contributed by atoms with Crippen LogP contribution in [0.1, 0.15) is 46.5 Å². The van der Waals surface area contributed by atoms with Crippen molar-refractivity contribution in [1.29, 1.82) is 0 Å². The fraction of sp³-hybridized carbons (Fsp3) is 1.00. The molecule has 2 bridgehead atoms. The maximum absolute atomic E-state index is 3.77. The first-order valence-corrected chi connectivity index (χ1v) is 7.70. The number of fused-ring (bicyclic) bond motifs is 2. The van der Waals surface area contributed by atoms with E-state index < -0.39 is 0 Å². The first-order chi connectivity index (χ1) is 8.24. The number of rotatable bonds is 7. The van der Waals surface area contributed by atoms with Crippen molar-refractivity contribution in [3.8, 4) is 0 Å². The summed E-state index contributed by atoms with van der Waals surface area (Å²) >= 11 is 0. The molecule has 4 unspecified atom stereocenters. The van der Waals surface area contributed by atoms with Crippen molar-refractivity contribution in [3.63, 3.8) is 0 Å². The lowest BCUT2D eigenvalue weighted by atomic mass is 9.84. The molecule has 1 N–H and O–H groups in total. The van der Waals surface area contributed by atoms with Crippen molar-refractivity contribution < 1.29 is 0 Å². The van der Waals surface area contributed by atoms with E-state index >= 15 is 0 Å². The monoisotopic (exact) mass is 238 g/mol. The van der Waals surface area contributed by atoms with E-state index in [1.807, 2.05) is 0 Å². The third kappa shape index (κ3) is 3.23. The van der Waals surface area contributed by atoms with Gasteiger partial charge in [0.15, 0.2) is 0 Å².